The Morgan fingerprint density at radius 1 is 1.50 bits per heavy atom. The zero-order valence-electron chi connectivity index (χ0n) is 12.4. The molecule has 0 spiro atoms. The second kappa shape index (κ2) is 7.40. The Kier molecular flexibility index (Phi) is 5.54. The third-order valence-corrected chi connectivity index (χ3v) is 3.42. The summed E-state index contributed by atoms with van der Waals surface area (Å²) in [5.41, 5.74) is 1.50. The van der Waals surface area contributed by atoms with E-state index in [0.717, 1.165) is 5.56 Å². The predicted molar refractivity (Wildman–Crippen MR) is 84.9 cm³/mol. The average molecular weight is 324 g/mol. The molecule has 0 fully saturated rings. The van der Waals surface area contributed by atoms with Crippen molar-refractivity contribution in [3.05, 3.63) is 35.4 Å². The minimum atomic E-state index is -0.577. The fourth-order valence-corrected chi connectivity index (χ4v) is 2.10. The molecule has 0 aliphatic heterocycles. The zero-order valence-corrected chi connectivity index (χ0v) is 13.2. The first-order chi connectivity index (χ1) is 10.5. The number of aromatic nitrogens is 2. The lowest BCUT2D eigenvalue weighted by Gasteiger charge is -2.11. The van der Waals surface area contributed by atoms with E-state index in [4.69, 9.17) is 21.4 Å². The van der Waals surface area contributed by atoms with Crippen LogP contribution in [-0.2, 0) is 16.1 Å². The van der Waals surface area contributed by atoms with Gasteiger partial charge in [-0.2, -0.15) is 5.10 Å². The monoisotopic (exact) mass is 323 g/mol. The molecule has 0 saturated heterocycles. The third-order valence-electron chi connectivity index (χ3n) is 3.19. The molecule has 22 heavy (non-hydrogen) atoms. The van der Waals surface area contributed by atoms with Crippen LogP contribution in [0.3, 0.4) is 0 Å². The van der Waals surface area contributed by atoms with Crippen LogP contribution in [0, 0.1) is 0 Å². The summed E-state index contributed by atoms with van der Waals surface area (Å²) in [4.78, 5) is 11.9. The van der Waals surface area contributed by atoms with E-state index in [1.807, 2.05) is 12.1 Å². The summed E-state index contributed by atoms with van der Waals surface area (Å²) in [6, 6.07) is 9.01. The van der Waals surface area contributed by atoms with E-state index in [0.29, 0.717) is 16.5 Å². The molecule has 2 aromatic rings. The number of hydrogen-bond donors (Lipinski definition) is 2. The number of carbonyl (C=O) groups is 1. The van der Waals surface area contributed by atoms with Gasteiger partial charge in [0.25, 0.3) is 5.91 Å². The number of rotatable bonds is 6. The van der Waals surface area contributed by atoms with Crippen LogP contribution >= 0.6 is 11.6 Å². The molecule has 0 bridgehead atoms. The number of amides is 1. The molecule has 0 aliphatic rings. The lowest BCUT2D eigenvalue weighted by molar-refractivity contribution is -0.124. The minimum absolute atomic E-state index is 0.0840. The molecule has 118 valence electrons. The van der Waals surface area contributed by atoms with Crippen molar-refractivity contribution in [1.82, 2.24) is 9.78 Å². The molecule has 1 aromatic carbocycles. The Morgan fingerprint density at radius 3 is 2.91 bits per heavy atom. The number of methoxy groups -OCH3 is 1. The maximum atomic E-state index is 11.9. The van der Waals surface area contributed by atoms with Gasteiger partial charge in [-0.1, -0.05) is 23.7 Å². The first-order valence-electron chi connectivity index (χ1n) is 6.83. The van der Waals surface area contributed by atoms with E-state index < -0.39 is 6.10 Å². The maximum absolute atomic E-state index is 11.9. The van der Waals surface area contributed by atoms with E-state index in [2.05, 4.69) is 10.4 Å². The third kappa shape index (κ3) is 3.85. The number of hydrogen-bond acceptors (Lipinski definition) is 4. The molecule has 0 radical (unpaired) electrons. The molecule has 2 N–H and O–H groups in total. The number of carbonyl (C=O) groups excluding carboxylic acids is 1. The van der Waals surface area contributed by atoms with E-state index >= 15 is 0 Å². The number of anilines is 1. The molecule has 1 unspecified atom stereocenters. The van der Waals surface area contributed by atoms with Crippen molar-refractivity contribution in [2.75, 3.05) is 19.0 Å². The highest BCUT2D eigenvalue weighted by atomic mass is 35.5. The molecule has 1 atom stereocenters. The number of nitrogens with zero attached hydrogens (tertiary/aromatic N) is 2. The van der Waals surface area contributed by atoms with Gasteiger partial charge in [-0.05, 0) is 19.1 Å². The molecule has 2 rings (SSSR count). The van der Waals surface area contributed by atoms with Crippen molar-refractivity contribution in [3.8, 4) is 11.3 Å². The number of aliphatic hydroxyl groups is 1. The molecular formula is C15H18ClN3O3. The van der Waals surface area contributed by atoms with Crippen molar-refractivity contribution < 1.29 is 14.6 Å². The van der Waals surface area contributed by atoms with Crippen LogP contribution in [0.25, 0.3) is 11.3 Å². The normalized spacial score (nSPS) is 12.2. The largest absolute Gasteiger partial charge is 0.394 e. The maximum Gasteiger partial charge on any atom is 0.254 e. The fourth-order valence-electron chi connectivity index (χ4n) is 1.91. The fraction of sp³-hybridized carbons (Fsp3) is 0.333. The first kappa shape index (κ1) is 16.5. The lowest BCUT2D eigenvalue weighted by atomic mass is 10.1. The van der Waals surface area contributed by atoms with E-state index in [1.54, 1.807) is 25.1 Å². The Morgan fingerprint density at radius 2 is 2.27 bits per heavy atom. The van der Waals surface area contributed by atoms with Gasteiger partial charge in [-0.15, -0.1) is 0 Å². The molecular weight excluding hydrogens is 306 g/mol. The number of aliphatic hydroxyl groups excluding tert-OH is 1. The van der Waals surface area contributed by atoms with Crippen LogP contribution in [0.2, 0.25) is 5.02 Å². The summed E-state index contributed by atoms with van der Waals surface area (Å²) in [6.07, 6.45) is -0.577. The van der Waals surface area contributed by atoms with Gasteiger partial charge >= 0.3 is 0 Å². The number of ether oxygens (including phenoxy) is 1. The molecule has 0 aliphatic carbocycles. The quantitative estimate of drug-likeness (QED) is 0.854. The van der Waals surface area contributed by atoms with E-state index in [1.165, 1.54) is 11.8 Å². The Labute approximate surface area is 133 Å². The highest BCUT2D eigenvalue weighted by Gasteiger charge is 2.16. The predicted octanol–water partition coefficient (Wildman–Crippen LogP) is 2.17. The van der Waals surface area contributed by atoms with Crippen molar-refractivity contribution in [2.24, 2.45) is 0 Å². The molecule has 1 amide bonds. The summed E-state index contributed by atoms with van der Waals surface area (Å²) in [5, 5.41) is 16.9. The Hall–Kier alpha value is -1.89. The summed E-state index contributed by atoms with van der Waals surface area (Å²) in [6.45, 7) is 1.84. The van der Waals surface area contributed by atoms with Gasteiger partial charge in [0, 0.05) is 23.8 Å². The highest BCUT2D eigenvalue weighted by molar-refractivity contribution is 6.30. The van der Waals surface area contributed by atoms with Gasteiger partial charge in [0.05, 0.1) is 18.8 Å². The second-order valence-corrected chi connectivity index (χ2v) is 5.18. The zero-order chi connectivity index (χ0) is 16.1. The average Bonchev–Trinajstić information content (AvgIpc) is 2.89. The van der Waals surface area contributed by atoms with Crippen LogP contribution in [0.1, 0.15) is 6.92 Å². The first-order valence-corrected chi connectivity index (χ1v) is 7.21. The van der Waals surface area contributed by atoms with Crippen molar-refractivity contribution in [2.45, 2.75) is 19.6 Å². The molecule has 6 nitrogen and oxygen atoms in total. The molecule has 7 heteroatoms. The van der Waals surface area contributed by atoms with Crippen molar-refractivity contribution in [1.29, 1.82) is 0 Å². The van der Waals surface area contributed by atoms with Crippen molar-refractivity contribution in [3.63, 3.8) is 0 Å². The number of halogens is 1. The Balaban J connectivity index is 2.31. The Bertz CT molecular complexity index is 657. The van der Waals surface area contributed by atoms with E-state index in [-0.39, 0.29) is 19.1 Å². The SMILES string of the molecule is COC(C)C(=O)Nc1cc(-c2cccc(Cl)c2)nn1CCO. The van der Waals surface area contributed by atoms with Gasteiger partial charge in [0.1, 0.15) is 11.9 Å². The summed E-state index contributed by atoms with van der Waals surface area (Å²) < 4.78 is 6.52. The lowest BCUT2D eigenvalue weighted by Crippen LogP contribution is -2.28. The summed E-state index contributed by atoms with van der Waals surface area (Å²) in [5.74, 6) is 0.220. The smallest absolute Gasteiger partial charge is 0.254 e. The topological polar surface area (TPSA) is 76.4 Å². The van der Waals surface area contributed by atoms with Crippen LogP contribution in [0.4, 0.5) is 5.82 Å². The highest BCUT2D eigenvalue weighted by Crippen LogP contribution is 2.24. The molecule has 1 heterocycles. The number of nitrogens with one attached hydrogen (secondary N) is 1. The van der Waals surface area contributed by atoms with Gasteiger partial charge < -0.3 is 15.2 Å². The van der Waals surface area contributed by atoms with Crippen LogP contribution in [0.5, 0.6) is 0 Å². The van der Waals surface area contributed by atoms with Gasteiger partial charge in [-0.3, -0.25) is 4.79 Å². The van der Waals surface area contributed by atoms with Crippen LogP contribution < -0.4 is 5.32 Å². The van der Waals surface area contributed by atoms with Gasteiger partial charge in [-0.25, -0.2) is 4.68 Å². The second-order valence-electron chi connectivity index (χ2n) is 4.74. The minimum Gasteiger partial charge on any atom is -0.394 e. The standard InChI is InChI=1S/C15H18ClN3O3/c1-10(22-2)15(21)17-14-9-13(18-19(14)6-7-20)11-4-3-5-12(16)8-11/h3-5,8-10,20H,6-7H2,1-2H3,(H,17,21). The molecule has 1 aromatic heterocycles. The summed E-state index contributed by atoms with van der Waals surface area (Å²) >= 11 is 5.99. The van der Waals surface area contributed by atoms with Crippen LogP contribution in [-0.4, -0.2) is 40.6 Å². The van der Waals surface area contributed by atoms with Gasteiger partial charge in [0.2, 0.25) is 0 Å². The number of benzene rings is 1. The molecule has 0 saturated carbocycles. The van der Waals surface area contributed by atoms with E-state index in [9.17, 15) is 4.79 Å². The van der Waals surface area contributed by atoms with Crippen molar-refractivity contribution >= 4 is 23.3 Å². The van der Waals surface area contributed by atoms with Crippen LogP contribution in [0.15, 0.2) is 30.3 Å². The van der Waals surface area contributed by atoms with Gasteiger partial charge in [0.15, 0.2) is 0 Å². The summed E-state index contributed by atoms with van der Waals surface area (Å²) in [7, 11) is 1.46.